The standard InChI is InChI=1S/C4H7NS/c1-4(2)5-6-3/h1,3H2,2H3. The molecule has 0 aromatic heterocycles. The molecular formula is C4H7NS. The van der Waals surface area contributed by atoms with Gasteiger partial charge in [0.15, 0.2) is 0 Å². The molecule has 0 spiro atoms. The first kappa shape index (κ1) is 5.63. The summed E-state index contributed by atoms with van der Waals surface area (Å²) in [5.41, 5.74) is 0.815. The van der Waals surface area contributed by atoms with Gasteiger partial charge >= 0.3 is 0 Å². The zero-order valence-corrected chi connectivity index (χ0v) is 4.59. The fourth-order valence-corrected chi connectivity index (χ4v) is 0.331. The van der Waals surface area contributed by atoms with Crippen molar-refractivity contribution in [3.05, 3.63) is 12.3 Å². The fourth-order valence-electron chi connectivity index (χ4n) is 0.110. The molecule has 0 N–H and O–H groups in total. The first-order valence-electron chi connectivity index (χ1n) is 1.55. The van der Waals surface area contributed by atoms with Crippen molar-refractivity contribution in [2.75, 3.05) is 0 Å². The Balaban J connectivity index is 3.60. The molecule has 6 heavy (non-hydrogen) atoms. The Hall–Kier alpha value is -0.370. The average Bonchev–Trinajstić information content (AvgIpc) is 1.35. The molecule has 2 heteroatoms. The second kappa shape index (κ2) is 2.85. The Labute approximate surface area is 41.4 Å². The van der Waals surface area contributed by atoms with Crippen molar-refractivity contribution in [3.63, 3.8) is 0 Å². The summed E-state index contributed by atoms with van der Waals surface area (Å²) < 4.78 is 3.74. The number of hydrogen-bond donors (Lipinski definition) is 0. The third kappa shape index (κ3) is 3.63. The Morgan fingerprint density at radius 2 is 2.33 bits per heavy atom. The van der Waals surface area contributed by atoms with E-state index in [2.05, 4.69) is 16.8 Å². The van der Waals surface area contributed by atoms with Gasteiger partial charge in [-0.05, 0) is 12.8 Å². The fraction of sp³-hybridized carbons (Fsp3) is 0.250. The van der Waals surface area contributed by atoms with E-state index < -0.39 is 0 Å². The van der Waals surface area contributed by atoms with Crippen LogP contribution in [0.4, 0.5) is 0 Å². The Morgan fingerprint density at radius 1 is 1.83 bits per heavy atom. The normalized spacial score (nSPS) is 6.83. The van der Waals surface area contributed by atoms with Crippen molar-refractivity contribution in [3.8, 4) is 0 Å². The SMILES string of the molecule is C=S=NC(=C)C. The average molecular weight is 101 g/mol. The highest BCUT2D eigenvalue weighted by Crippen LogP contribution is 1.82. The summed E-state index contributed by atoms with van der Waals surface area (Å²) in [7, 11) is 0. The minimum atomic E-state index is 0.815. The van der Waals surface area contributed by atoms with Crippen molar-refractivity contribution < 1.29 is 0 Å². The summed E-state index contributed by atoms with van der Waals surface area (Å²) in [6.07, 6.45) is 0. The van der Waals surface area contributed by atoms with Gasteiger partial charge in [0.25, 0.3) is 0 Å². The van der Waals surface area contributed by atoms with E-state index in [4.69, 9.17) is 0 Å². The molecule has 0 saturated carbocycles. The Kier molecular flexibility index (Phi) is 2.67. The van der Waals surface area contributed by atoms with E-state index in [-0.39, 0.29) is 0 Å². The van der Waals surface area contributed by atoms with Crippen LogP contribution in [0.15, 0.2) is 16.6 Å². The van der Waals surface area contributed by atoms with Crippen molar-refractivity contribution in [2.45, 2.75) is 6.92 Å². The molecule has 0 radical (unpaired) electrons. The van der Waals surface area contributed by atoms with Crippen molar-refractivity contribution >= 4 is 17.0 Å². The van der Waals surface area contributed by atoms with Gasteiger partial charge in [0.2, 0.25) is 0 Å². The molecule has 0 fully saturated rings. The molecule has 0 aliphatic rings. The van der Waals surface area contributed by atoms with Crippen LogP contribution in [0.1, 0.15) is 6.92 Å². The summed E-state index contributed by atoms with van der Waals surface area (Å²) in [6.45, 7) is 5.35. The van der Waals surface area contributed by atoms with Crippen LogP contribution < -0.4 is 0 Å². The lowest BCUT2D eigenvalue weighted by Crippen LogP contribution is -1.53. The maximum atomic E-state index is 3.74. The van der Waals surface area contributed by atoms with Gasteiger partial charge in [0, 0.05) is 5.70 Å². The maximum Gasteiger partial charge on any atom is 0.0430 e. The van der Waals surface area contributed by atoms with Crippen LogP contribution in [0.25, 0.3) is 0 Å². The van der Waals surface area contributed by atoms with E-state index in [9.17, 15) is 0 Å². The molecule has 1 nitrogen and oxygen atoms in total. The predicted octanol–water partition coefficient (Wildman–Crippen LogP) is 1.22. The van der Waals surface area contributed by atoms with Crippen LogP contribution in [0.5, 0.6) is 0 Å². The molecule has 34 valence electrons. The predicted molar refractivity (Wildman–Crippen MR) is 31.7 cm³/mol. The Morgan fingerprint density at radius 3 is 2.33 bits per heavy atom. The van der Waals surface area contributed by atoms with Gasteiger partial charge < -0.3 is 0 Å². The summed E-state index contributed by atoms with van der Waals surface area (Å²) in [4.78, 5) is 0. The molecule has 0 aliphatic heterocycles. The molecule has 0 aromatic carbocycles. The van der Waals surface area contributed by atoms with E-state index in [1.54, 1.807) is 0 Å². The van der Waals surface area contributed by atoms with E-state index in [0.29, 0.717) is 0 Å². The summed E-state index contributed by atoms with van der Waals surface area (Å²) in [5, 5.41) is 0. The zero-order valence-electron chi connectivity index (χ0n) is 3.77. The molecule has 0 atom stereocenters. The minimum absolute atomic E-state index is 0.815. The van der Waals surface area contributed by atoms with Crippen molar-refractivity contribution in [2.24, 2.45) is 4.36 Å². The quantitative estimate of drug-likeness (QED) is 0.440. The lowest BCUT2D eigenvalue weighted by atomic mass is 10.6. The van der Waals surface area contributed by atoms with Crippen LogP contribution in [-0.4, -0.2) is 5.87 Å². The van der Waals surface area contributed by atoms with Crippen LogP contribution in [0.3, 0.4) is 0 Å². The third-order valence-corrected chi connectivity index (χ3v) is 0.661. The Bertz CT molecular complexity index is 100. The minimum Gasteiger partial charge on any atom is -0.199 e. The lowest BCUT2D eigenvalue weighted by Gasteiger charge is -1.72. The second-order valence-corrected chi connectivity index (χ2v) is 1.40. The summed E-state index contributed by atoms with van der Waals surface area (Å²) >= 11 is 1.19. The number of allylic oxidation sites excluding steroid dienone is 1. The van der Waals surface area contributed by atoms with Crippen molar-refractivity contribution in [1.82, 2.24) is 0 Å². The highest BCUT2D eigenvalue weighted by molar-refractivity contribution is 7.65. The lowest BCUT2D eigenvalue weighted by molar-refractivity contribution is 1.37. The van der Waals surface area contributed by atoms with Crippen molar-refractivity contribution in [1.29, 1.82) is 0 Å². The number of hydrogen-bond acceptors (Lipinski definition) is 1. The maximum absolute atomic E-state index is 3.74. The van der Waals surface area contributed by atoms with Crippen LogP contribution in [0.2, 0.25) is 0 Å². The van der Waals surface area contributed by atoms with E-state index >= 15 is 0 Å². The van der Waals surface area contributed by atoms with Crippen LogP contribution in [0, 0.1) is 0 Å². The van der Waals surface area contributed by atoms with E-state index in [0.717, 1.165) is 5.70 Å². The van der Waals surface area contributed by atoms with Gasteiger partial charge in [-0.25, -0.2) is 0 Å². The molecule has 0 bridgehead atoms. The first-order chi connectivity index (χ1) is 2.77. The molecule has 0 aromatic rings. The van der Waals surface area contributed by atoms with Crippen LogP contribution in [-0.2, 0) is 11.1 Å². The molecule has 0 aliphatic carbocycles. The molecule has 0 unspecified atom stereocenters. The molecular weight excluding hydrogens is 94.1 g/mol. The molecule has 0 saturated heterocycles. The van der Waals surface area contributed by atoms with Gasteiger partial charge in [-0.15, -0.1) is 0 Å². The number of rotatable bonds is 1. The van der Waals surface area contributed by atoms with E-state index in [1.807, 2.05) is 6.92 Å². The third-order valence-electron chi connectivity index (χ3n) is 0.220. The van der Waals surface area contributed by atoms with Gasteiger partial charge in [-0.2, -0.15) is 4.36 Å². The first-order valence-corrected chi connectivity index (χ1v) is 2.49. The van der Waals surface area contributed by atoms with Gasteiger partial charge in [0.1, 0.15) is 0 Å². The molecule has 0 amide bonds. The second-order valence-electron chi connectivity index (χ2n) is 0.956. The topological polar surface area (TPSA) is 12.4 Å². The summed E-state index contributed by atoms with van der Waals surface area (Å²) in [5.74, 6) is 3.42. The van der Waals surface area contributed by atoms with Gasteiger partial charge in [0.05, 0.1) is 0 Å². The van der Waals surface area contributed by atoms with Gasteiger partial charge in [-0.3, -0.25) is 0 Å². The highest BCUT2D eigenvalue weighted by atomic mass is 32.1. The van der Waals surface area contributed by atoms with Crippen LogP contribution >= 0.6 is 0 Å². The molecule has 0 heterocycles. The highest BCUT2D eigenvalue weighted by Gasteiger charge is 1.63. The monoisotopic (exact) mass is 101 g/mol. The summed E-state index contributed by atoms with van der Waals surface area (Å²) in [6, 6.07) is 0. The van der Waals surface area contributed by atoms with E-state index in [1.165, 1.54) is 11.1 Å². The van der Waals surface area contributed by atoms with Gasteiger partial charge in [-0.1, -0.05) is 17.7 Å². The smallest absolute Gasteiger partial charge is 0.0430 e. The largest absolute Gasteiger partial charge is 0.199 e. The zero-order chi connectivity index (χ0) is 4.99. The molecule has 0 rings (SSSR count). The number of nitrogens with zero attached hydrogens (tertiary/aromatic N) is 1.